The SMILES string of the molecule is CCC(=CCN(C)C(C)CC)C(=O)OC. The number of rotatable bonds is 6. The lowest BCUT2D eigenvalue weighted by atomic mass is 10.1. The second kappa shape index (κ2) is 7.46. The van der Waals surface area contributed by atoms with E-state index in [0.717, 1.165) is 25.0 Å². The van der Waals surface area contributed by atoms with Crippen molar-refractivity contribution in [2.24, 2.45) is 0 Å². The molecule has 0 bridgehead atoms. The van der Waals surface area contributed by atoms with Gasteiger partial charge in [0.25, 0.3) is 0 Å². The monoisotopic (exact) mass is 213 g/mol. The minimum Gasteiger partial charge on any atom is -0.466 e. The Morgan fingerprint density at radius 1 is 1.47 bits per heavy atom. The number of hydrogen-bond donors (Lipinski definition) is 0. The summed E-state index contributed by atoms with van der Waals surface area (Å²) in [5.41, 5.74) is 0.757. The molecule has 0 N–H and O–H groups in total. The van der Waals surface area contributed by atoms with Gasteiger partial charge in [-0.2, -0.15) is 0 Å². The summed E-state index contributed by atoms with van der Waals surface area (Å²) >= 11 is 0. The number of esters is 1. The van der Waals surface area contributed by atoms with Crippen LogP contribution in [0.2, 0.25) is 0 Å². The fourth-order valence-corrected chi connectivity index (χ4v) is 1.25. The van der Waals surface area contributed by atoms with Gasteiger partial charge in [-0.1, -0.05) is 19.9 Å². The molecule has 0 aromatic heterocycles. The summed E-state index contributed by atoms with van der Waals surface area (Å²) in [6.45, 7) is 7.10. The van der Waals surface area contributed by atoms with Crippen LogP contribution in [-0.4, -0.2) is 37.6 Å². The maximum absolute atomic E-state index is 11.3. The number of carbonyl (C=O) groups is 1. The Kier molecular flexibility index (Phi) is 7.05. The molecule has 0 aromatic carbocycles. The Bertz CT molecular complexity index is 224. The zero-order valence-corrected chi connectivity index (χ0v) is 10.5. The number of likely N-dealkylation sites (N-methyl/N-ethyl adjacent to an activating group) is 1. The lowest BCUT2D eigenvalue weighted by molar-refractivity contribution is -0.136. The molecule has 0 spiro atoms. The van der Waals surface area contributed by atoms with Crippen molar-refractivity contribution in [1.82, 2.24) is 4.90 Å². The quantitative estimate of drug-likeness (QED) is 0.500. The molecule has 0 aromatic rings. The summed E-state index contributed by atoms with van der Waals surface area (Å²) in [5.74, 6) is -0.213. The van der Waals surface area contributed by atoms with Gasteiger partial charge in [-0.15, -0.1) is 0 Å². The molecule has 0 radical (unpaired) electrons. The minimum atomic E-state index is -0.213. The van der Waals surface area contributed by atoms with E-state index in [4.69, 9.17) is 4.74 Å². The molecule has 0 aliphatic rings. The van der Waals surface area contributed by atoms with Crippen LogP contribution in [0.4, 0.5) is 0 Å². The molecule has 0 amide bonds. The first-order valence-corrected chi connectivity index (χ1v) is 5.54. The van der Waals surface area contributed by atoms with Crippen molar-refractivity contribution >= 4 is 5.97 Å². The van der Waals surface area contributed by atoms with E-state index < -0.39 is 0 Å². The van der Waals surface area contributed by atoms with Crippen molar-refractivity contribution in [3.05, 3.63) is 11.6 Å². The van der Waals surface area contributed by atoms with Gasteiger partial charge >= 0.3 is 5.97 Å². The van der Waals surface area contributed by atoms with E-state index >= 15 is 0 Å². The molecule has 0 aliphatic carbocycles. The van der Waals surface area contributed by atoms with Crippen LogP contribution in [0.15, 0.2) is 11.6 Å². The van der Waals surface area contributed by atoms with Crippen LogP contribution >= 0.6 is 0 Å². The van der Waals surface area contributed by atoms with E-state index in [9.17, 15) is 4.79 Å². The molecule has 15 heavy (non-hydrogen) atoms. The topological polar surface area (TPSA) is 29.5 Å². The van der Waals surface area contributed by atoms with Crippen molar-refractivity contribution in [3.63, 3.8) is 0 Å². The second-order valence-corrected chi connectivity index (χ2v) is 3.77. The van der Waals surface area contributed by atoms with Crippen LogP contribution in [0.3, 0.4) is 0 Å². The lowest BCUT2D eigenvalue weighted by Crippen LogP contribution is -2.28. The Balaban J connectivity index is 4.28. The fraction of sp³-hybridized carbons (Fsp3) is 0.750. The van der Waals surface area contributed by atoms with Crippen molar-refractivity contribution in [1.29, 1.82) is 0 Å². The predicted octanol–water partition coefficient (Wildman–Crippen LogP) is 2.23. The second-order valence-electron chi connectivity index (χ2n) is 3.77. The highest BCUT2D eigenvalue weighted by molar-refractivity contribution is 5.88. The average Bonchev–Trinajstić information content (AvgIpc) is 2.27. The smallest absolute Gasteiger partial charge is 0.333 e. The number of carbonyl (C=O) groups excluding carboxylic acids is 1. The van der Waals surface area contributed by atoms with Gasteiger partial charge in [0.05, 0.1) is 7.11 Å². The molecule has 0 heterocycles. The van der Waals surface area contributed by atoms with Gasteiger partial charge in [0.2, 0.25) is 0 Å². The Labute approximate surface area is 93.1 Å². The first-order chi connectivity index (χ1) is 7.06. The molecule has 1 unspecified atom stereocenters. The molecule has 0 fully saturated rings. The lowest BCUT2D eigenvalue weighted by Gasteiger charge is -2.22. The number of ether oxygens (including phenoxy) is 1. The average molecular weight is 213 g/mol. The largest absolute Gasteiger partial charge is 0.466 e. The van der Waals surface area contributed by atoms with E-state index in [1.807, 2.05) is 13.0 Å². The van der Waals surface area contributed by atoms with Crippen LogP contribution < -0.4 is 0 Å². The van der Waals surface area contributed by atoms with Crippen LogP contribution in [0.25, 0.3) is 0 Å². The number of methoxy groups -OCH3 is 1. The molecule has 0 rings (SSSR count). The van der Waals surface area contributed by atoms with Gasteiger partial charge in [-0.05, 0) is 26.8 Å². The van der Waals surface area contributed by atoms with Gasteiger partial charge in [-0.3, -0.25) is 0 Å². The highest BCUT2D eigenvalue weighted by Crippen LogP contribution is 2.05. The van der Waals surface area contributed by atoms with Crippen LogP contribution in [0.1, 0.15) is 33.6 Å². The third-order valence-corrected chi connectivity index (χ3v) is 2.80. The van der Waals surface area contributed by atoms with Gasteiger partial charge in [0.1, 0.15) is 0 Å². The van der Waals surface area contributed by atoms with E-state index in [0.29, 0.717) is 6.04 Å². The van der Waals surface area contributed by atoms with Gasteiger partial charge in [0, 0.05) is 18.2 Å². The summed E-state index contributed by atoms with van der Waals surface area (Å²) < 4.78 is 4.70. The maximum Gasteiger partial charge on any atom is 0.333 e. The summed E-state index contributed by atoms with van der Waals surface area (Å²) in [5, 5.41) is 0. The predicted molar refractivity (Wildman–Crippen MR) is 62.8 cm³/mol. The summed E-state index contributed by atoms with van der Waals surface area (Å²) in [6, 6.07) is 0.539. The summed E-state index contributed by atoms with van der Waals surface area (Å²) in [6.07, 6.45) is 3.79. The van der Waals surface area contributed by atoms with E-state index in [1.54, 1.807) is 0 Å². The van der Waals surface area contributed by atoms with E-state index in [-0.39, 0.29) is 5.97 Å². The third kappa shape index (κ3) is 4.98. The molecule has 88 valence electrons. The van der Waals surface area contributed by atoms with Crippen LogP contribution in [0, 0.1) is 0 Å². The van der Waals surface area contributed by atoms with Gasteiger partial charge in [0.15, 0.2) is 0 Å². The molecule has 1 atom stereocenters. The van der Waals surface area contributed by atoms with Crippen LogP contribution in [0.5, 0.6) is 0 Å². The fourth-order valence-electron chi connectivity index (χ4n) is 1.25. The van der Waals surface area contributed by atoms with Crippen molar-refractivity contribution in [2.75, 3.05) is 20.7 Å². The normalized spacial score (nSPS) is 14.1. The molecule has 0 saturated heterocycles. The molecule has 3 heteroatoms. The van der Waals surface area contributed by atoms with Crippen LogP contribution in [-0.2, 0) is 9.53 Å². The Hall–Kier alpha value is -0.830. The van der Waals surface area contributed by atoms with E-state index in [1.165, 1.54) is 7.11 Å². The first kappa shape index (κ1) is 14.2. The summed E-state index contributed by atoms with van der Waals surface area (Å²) in [7, 11) is 3.49. The maximum atomic E-state index is 11.3. The van der Waals surface area contributed by atoms with Crippen molar-refractivity contribution in [3.8, 4) is 0 Å². The Morgan fingerprint density at radius 3 is 2.47 bits per heavy atom. The highest BCUT2D eigenvalue weighted by Gasteiger charge is 2.09. The molecule has 3 nitrogen and oxygen atoms in total. The first-order valence-electron chi connectivity index (χ1n) is 5.54. The standard InChI is InChI=1S/C12H23NO2/c1-6-10(3)13(4)9-8-11(7-2)12(14)15-5/h8,10H,6-7,9H2,1-5H3. The number of hydrogen-bond acceptors (Lipinski definition) is 3. The number of nitrogens with zero attached hydrogens (tertiary/aromatic N) is 1. The highest BCUT2D eigenvalue weighted by atomic mass is 16.5. The van der Waals surface area contributed by atoms with E-state index in [2.05, 4.69) is 25.8 Å². The molecular formula is C12H23NO2. The molecular weight excluding hydrogens is 190 g/mol. The molecule has 0 aliphatic heterocycles. The molecule has 0 saturated carbocycles. The van der Waals surface area contributed by atoms with Crippen molar-refractivity contribution in [2.45, 2.75) is 39.7 Å². The zero-order valence-electron chi connectivity index (χ0n) is 10.5. The zero-order chi connectivity index (χ0) is 11.8. The Morgan fingerprint density at radius 2 is 2.07 bits per heavy atom. The van der Waals surface area contributed by atoms with Gasteiger partial charge < -0.3 is 9.64 Å². The van der Waals surface area contributed by atoms with Crippen molar-refractivity contribution < 1.29 is 9.53 Å². The van der Waals surface area contributed by atoms with Gasteiger partial charge in [-0.25, -0.2) is 4.79 Å². The minimum absolute atomic E-state index is 0.213. The third-order valence-electron chi connectivity index (χ3n) is 2.80. The summed E-state index contributed by atoms with van der Waals surface area (Å²) in [4.78, 5) is 13.5.